The third-order valence-electron chi connectivity index (χ3n) is 4.10. The fourth-order valence-electron chi connectivity index (χ4n) is 2.79. The number of carbonyl (C=O) groups excluding carboxylic acids is 1. The van der Waals surface area contributed by atoms with Crippen molar-refractivity contribution in [1.29, 1.82) is 5.26 Å². The van der Waals surface area contributed by atoms with E-state index < -0.39 is 0 Å². The molecule has 1 heterocycles. The Balaban J connectivity index is 1.90. The molecular weight excluding hydrogens is 322 g/mol. The van der Waals surface area contributed by atoms with Crippen LogP contribution in [0.3, 0.4) is 0 Å². The van der Waals surface area contributed by atoms with Crippen LogP contribution in [0, 0.1) is 25.2 Å². The highest BCUT2D eigenvalue weighted by Crippen LogP contribution is 2.25. The number of fused-ring (bicyclic) bond motifs is 1. The predicted octanol–water partition coefficient (Wildman–Crippen LogP) is 4.42. The average molecular weight is 338 g/mol. The molecule has 0 radical (unpaired) electrons. The molecule has 3 rings (SSSR count). The number of amides is 1. The van der Waals surface area contributed by atoms with Crippen LogP contribution in [0.25, 0.3) is 10.9 Å². The summed E-state index contributed by atoms with van der Waals surface area (Å²) in [7, 11) is 0. The maximum Gasteiger partial charge on any atom is 0.244 e. The van der Waals surface area contributed by atoms with Gasteiger partial charge in [-0.3, -0.25) is 4.79 Å². The molecule has 0 atom stereocenters. The fraction of sp³-hybridized carbons (Fsp3) is 0.158. The third kappa shape index (κ3) is 2.86. The monoisotopic (exact) mass is 337 g/mol. The maximum absolute atomic E-state index is 12.4. The van der Waals surface area contributed by atoms with Crippen LogP contribution in [-0.4, -0.2) is 10.5 Å². The number of nitrogens with zero attached hydrogens (tertiary/aromatic N) is 2. The van der Waals surface area contributed by atoms with Gasteiger partial charge in [-0.05, 0) is 37.6 Å². The summed E-state index contributed by atoms with van der Waals surface area (Å²) in [6.07, 6.45) is 0. The SMILES string of the molecule is Cc1ccc(NC(=O)Cn2c(C)c(C#N)c3ccccc32)cc1Cl. The molecule has 0 aliphatic rings. The molecule has 2 aromatic carbocycles. The zero-order valence-corrected chi connectivity index (χ0v) is 14.2. The molecule has 4 nitrogen and oxygen atoms in total. The van der Waals surface area contributed by atoms with Gasteiger partial charge in [-0.25, -0.2) is 0 Å². The number of halogens is 1. The second-order valence-corrected chi connectivity index (χ2v) is 6.09. The number of benzene rings is 2. The molecule has 3 aromatic rings. The van der Waals surface area contributed by atoms with E-state index in [0.29, 0.717) is 16.3 Å². The third-order valence-corrected chi connectivity index (χ3v) is 4.51. The van der Waals surface area contributed by atoms with Gasteiger partial charge in [-0.2, -0.15) is 5.26 Å². The molecule has 1 amide bonds. The Morgan fingerprint density at radius 1 is 1.25 bits per heavy atom. The van der Waals surface area contributed by atoms with Gasteiger partial charge in [-0.15, -0.1) is 0 Å². The molecule has 0 saturated carbocycles. The van der Waals surface area contributed by atoms with Gasteiger partial charge in [0.25, 0.3) is 0 Å². The predicted molar refractivity (Wildman–Crippen MR) is 96.2 cm³/mol. The number of aryl methyl sites for hydroxylation is 1. The Morgan fingerprint density at radius 3 is 2.71 bits per heavy atom. The van der Waals surface area contributed by atoms with Gasteiger partial charge in [0, 0.05) is 21.8 Å². The van der Waals surface area contributed by atoms with Crippen molar-refractivity contribution in [3.8, 4) is 6.07 Å². The first-order valence-corrected chi connectivity index (χ1v) is 7.93. The van der Waals surface area contributed by atoms with Crippen LogP contribution in [0.15, 0.2) is 42.5 Å². The van der Waals surface area contributed by atoms with Crippen molar-refractivity contribution < 1.29 is 4.79 Å². The van der Waals surface area contributed by atoms with Crippen LogP contribution in [-0.2, 0) is 11.3 Å². The van der Waals surface area contributed by atoms with E-state index in [1.807, 2.05) is 54.8 Å². The van der Waals surface area contributed by atoms with Crippen molar-refractivity contribution in [1.82, 2.24) is 4.57 Å². The van der Waals surface area contributed by atoms with Crippen LogP contribution in [0.2, 0.25) is 5.02 Å². The zero-order chi connectivity index (χ0) is 17.3. The van der Waals surface area contributed by atoms with Gasteiger partial charge in [0.15, 0.2) is 0 Å². The summed E-state index contributed by atoms with van der Waals surface area (Å²) in [5.74, 6) is -0.164. The minimum atomic E-state index is -0.164. The summed E-state index contributed by atoms with van der Waals surface area (Å²) in [4.78, 5) is 12.4. The standard InChI is InChI=1S/C19H16ClN3O/c1-12-7-8-14(9-17(12)20)22-19(24)11-23-13(2)16(10-21)15-5-3-4-6-18(15)23/h3-9H,11H2,1-2H3,(H,22,24). The van der Waals surface area contributed by atoms with E-state index in [1.54, 1.807) is 6.07 Å². The van der Waals surface area contributed by atoms with E-state index in [1.165, 1.54) is 0 Å². The van der Waals surface area contributed by atoms with E-state index in [4.69, 9.17) is 11.6 Å². The Labute approximate surface area is 145 Å². The molecule has 0 aliphatic carbocycles. The number of nitrogens with one attached hydrogen (secondary N) is 1. The second kappa shape index (κ2) is 6.38. The molecule has 0 saturated heterocycles. The fourth-order valence-corrected chi connectivity index (χ4v) is 2.97. The van der Waals surface area contributed by atoms with Crippen LogP contribution < -0.4 is 5.32 Å². The van der Waals surface area contributed by atoms with Crippen LogP contribution in [0.4, 0.5) is 5.69 Å². The van der Waals surface area contributed by atoms with Crippen LogP contribution in [0.1, 0.15) is 16.8 Å². The molecule has 120 valence electrons. The number of para-hydroxylation sites is 1. The van der Waals surface area contributed by atoms with Crippen LogP contribution in [0.5, 0.6) is 0 Å². The smallest absolute Gasteiger partial charge is 0.244 e. The Kier molecular flexibility index (Phi) is 4.28. The summed E-state index contributed by atoms with van der Waals surface area (Å²) in [5.41, 5.74) is 3.89. The number of aromatic nitrogens is 1. The first kappa shape index (κ1) is 16.1. The number of hydrogen-bond donors (Lipinski definition) is 1. The Bertz CT molecular complexity index is 982. The Hall–Kier alpha value is -2.77. The molecule has 24 heavy (non-hydrogen) atoms. The molecular formula is C19H16ClN3O. The minimum absolute atomic E-state index is 0.138. The summed E-state index contributed by atoms with van der Waals surface area (Å²) in [6, 6.07) is 15.2. The summed E-state index contributed by atoms with van der Waals surface area (Å²) in [5, 5.41) is 13.7. The quantitative estimate of drug-likeness (QED) is 0.769. The first-order valence-electron chi connectivity index (χ1n) is 7.55. The molecule has 0 unspecified atom stereocenters. The highest BCUT2D eigenvalue weighted by Gasteiger charge is 2.15. The maximum atomic E-state index is 12.4. The lowest BCUT2D eigenvalue weighted by Gasteiger charge is -2.10. The molecule has 1 aromatic heterocycles. The lowest BCUT2D eigenvalue weighted by molar-refractivity contribution is -0.116. The molecule has 1 N–H and O–H groups in total. The highest BCUT2D eigenvalue weighted by atomic mass is 35.5. The Morgan fingerprint density at radius 2 is 2.00 bits per heavy atom. The minimum Gasteiger partial charge on any atom is -0.334 e. The van der Waals surface area contributed by atoms with Gasteiger partial charge in [0.2, 0.25) is 5.91 Å². The van der Waals surface area contributed by atoms with Gasteiger partial charge in [0.05, 0.1) is 11.1 Å². The lowest BCUT2D eigenvalue weighted by Crippen LogP contribution is -2.19. The average Bonchev–Trinajstić information content (AvgIpc) is 2.83. The lowest BCUT2D eigenvalue weighted by atomic mass is 10.1. The van der Waals surface area contributed by atoms with Crippen molar-refractivity contribution in [2.45, 2.75) is 20.4 Å². The van der Waals surface area contributed by atoms with Gasteiger partial charge >= 0.3 is 0 Å². The van der Waals surface area contributed by atoms with E-state index in [0.717, 1.165) is 22.2 Å². The second-order valence-electron chi connectivity index (χ2n) is 5.69. The highest BCUT2D eigenvalue weighted by molar-refractivity contribution is 6.31. The number of nitriles is 1. The van der Waals surface area contributed by atoms with Crippen molar-refractivity contribution in [3.05, 3.63) is 64.3 Å². The molecule has 0 spiro atoms. The van der Waals surface area contributed by atoms with E-state index in [-0.39, 0.29) is 12.5 Å². The first-order chi connectivity index (χ1) is 11.5. The van der Waals surface area contributed by atoms with Gasteiger partial charge < -0.3 is 9.88 Å². The molecule has 0 fully saturated rings. The van der Waals surface area contributed by atoms with Crippen molar-refractivity contribution in [2.24, 2.45) is 0 Å². The van der Waals surface area contributed by atoms with Crippen molar-refractivity contribution in [3.63, 3.8) is 0 Å². The van der Waals surface area contributed by atoms with E-state index in [9.17, 15) is 10.1 Å². The topological polar surface area (TPSA) is 57.8 Å². The van der Waals surface area contributed by atoms with Crippen LogP contribution >= 0.6 is 11.6 Å². The van der Waals surface area contributed by atoms with Gasteiger partial charge in [-0.1, -0.05) is 35.9 Å². The summed E-state index contributed by atoms with van der Waals surface area (Å²) < 4.78 is 1.86. The van der Waals surface area contributed by atoms with Gasteiger partial charge in [0.1, 0.15) is 12.6 Å². The van der Waals surface area contributed by atoms with E-state index >= 15 is 0 Å². The molecule has 0 aliphatic heterocycles. The van der Waals surface area contributed by atoms with Crippen molar-refractivity contribution >= 4 is 34.1 Å². The van der Waals surface area contributed by atoms with Crippen molar-refractivity contribution in [2.75, 3.05) is 5.32 Å². The number of carbonyl (C=O) groups is 1. The number of rotatable bonds is 3. The summed E-state index contributed by atoms with van der Waals surface area (Å²) >= 11 is 6.09. The molecule has 5 heteroatoms. The zero-order valence-electron chi connectivity index (χ0n) is 13.4. The number of hydrogen-bond acceptors (Lipinski definition) is 2. The van der Waals surface area contributed by atoms with E-state index in [2.05, 4.69) is 11.4 Å². The largest absolute Gasteiger partial charge is 0.334 e. The number of anilines is 1. The normalized spacial score (nSPS) is 10.6. The summed E-state index contributed by atoms with van der Waals surface area (Å²) in [6.45, 7) is 3.90. The molecule has 0 bridgehead atoms.